The molecule has 1 heterocycles. The van der Waals surface area contributed by atoms with Crippen LogP contribution in [0.3, 0.4) is 0 Å². The molecule has 0 bridgehead atoms. The number of nitrogens with one attached hydrogen (secondary N) is 1. The van der Waals surface area contributed by atoms with E-state index in [9.17, 15) is 9.59 Å². The van der Waals surface area contributed by atoms with Gasteiger partial charge in [-0.25, -0.2) is 0 Å². The van der Waals surface area contributed by atoms with Crippen molar-refractivity contribution in [3.8, 4) is 0 Å². The molecular weight excluding hydrogens is 348 g/mol. The standard InChI is InChI=1S/C21H23ClN2O2/c1-2-15-7-9-17(10-8-15)24-14-12-18(21(24)26)20(25)23-13-11-16-5-3-4-6-19(16)22/h3-10,18H,2,11-14H2,1H3,(H,23,25)/t18-/m1/s1. The van der Waals surface area contributed by atoms with E-state index < -0.39 is 5.92 Å². The fourth-order valence-electron chi connectivity index (χ4n) is 3.24. The van der Waals surface area contributed by atoms with Gasteiger partial charge in [-0.1, -0.05) is 48.9 Å². The van der Waals surface area contributed by atoms with E-state index in [0.717, 1.165) is 17.7 Å². The second-order valence-electron chi connectivity index (χ2n) is 6.48. The zero-order chi connectivity index (χ0) is 18.5. The van der Waals surface area contributed by atoms with Crippen LogP contribution in [0, 0.1) is 5.92 Å². The molecule has 0 aliphatic carbocycles. The Hall–Kier alpha value is -2.33. The summed E-state index contributed by atoms with van der Waals surface area (Å²) < 4.78 is 0. The first-order valence-corrected chi connectivity index (χ1v) is 9.39. The molecule has 5 heteroatoms. The first-order chi connectivity index (χ1) is 12.6. The summed E-state index contributed by atoms with van der Waals surface area (Å²) in [6.07, 6.45) is 2.16. The first kappa shape index (κ1) is 18.5. The van der Waals surface area contributed by atoms with Crippen LogP contribution in [0.5, 0.6) is 0 Å². The van der Waals surface area contributed by atoms with E-state index in [1.54, 1.807) is 4.90 Å². The summed E-state index contributed by atoms with van der Waals surface area (Å²) in [4.78, 5) is 26.8. The highest BCUT2D eigenvalue weighted by Gasteiger charge is 2.37. The maximum atomic E-state index is 12.6. The van der Waals surface area contributed by atoms with Crippen LogP contribution < -0.4 is 10.2 Å². The molecular formula is C21H23ClN2O2. The lowest BCUT2D eigenvalue weighted by atomic mass is 10.1. The lowest BCUT2D eigenvalue weighted by molar-refractivity contribution is -0.132. The van der Waals surface area contributed by atoms with Crippen molar-refractivity contribution in [2.45, 2.75) is 26.2 Å². The number of halogens is 1. The molecule has 2 amide bonds. The highest BCUT2D eigenvalue weighted by atomic mass is 35.5. The quantitative estimate of drug-likeness (QED) is 0.789. The molecule has 26 heavy (non-hydrogen) atoms. The van der Waals surface area contributed by atoms with Crippen LogP contribution in [-0.2, 0) is 22.4 Å². The van der Waals surface area contributed by atoms with Crippen LogP contribution in [0.15, 0.2) is 48.5 Å². The third-order valence-electron chi connectivity index (χ3n) is 4.83. The number of nitrogens with zero attached hydrogens (tertiary/aromatic N) is 1. The molecule has 1 N–H and O–H groups in total. The molecule has 1 saturated heterocycles. The zero-order valence-corrected chi connectivity index (χ0v) is 15.6. The molecule has 0 spiro atoms. The first-order valence-electron chi connectivity index (χ1n) is 9.01. The molecule has 1 aliphatic rings. The van der Waals surface area contributed by atoms with Crippen molar-refractivity contribution in [3.63, 3.8) is 0 Å². The molecule has 2 aromatic rings. The highest BCUT2D eigenvalue weighted by Crippen LogP contribution is 2.26. The van der Waals surface area contributed by atoms with E-state index in [1.807, 2.05) is 48.5 Å². The summed E-state index contributed by atoms with van der Waals surface area (Å²) in [6, 6.07) is 15.5. The average molecular weight is 371 g/mol. The largest absolute Gasteiger partial charge is 0.355 e. The minimum absolute atomic E-state index is 0.121. The summed E-state index contributed by atoms with van der Waals surface area (Å²) in [5, 5.41) is 3.57. The number of hydrogen-bond donors (Lipinski definition) is 1. The smallest absolute Gasteiger partial charge is 0.239 e. The zero-order valence-electron chi connectivity index (χ0n) is 14.9. The van der Waals surface area contributed by atoms with Crippen LogP contribution in [-0.4, -0.2) is 24.9 Å². The second kappa shape index (κ2) is 8.37. The molecule has 3 rings (SSSR count). The van der Waals surface area contributed by atoms with Crippen molar-refractivity contribution in [3.05, 3.63) is 64.7 Å². The highest BCUT2D eigenvalue weighted by molar-refractivity contribution is 6.31. The molecule has 2 aromatic carbocycles. The number of carbonyl (C=O) groups excluding carboxylic acids is 2. The van der Waals surface area contributed by atoms with Crippen LogP contribution in [0.2, 0.25) is 5.02 Å². The Morgan fingerprint density at radius 3 is 2.62 bits per heavy atom. The van der Waals surface area contributed by atoms with E-state index in [4.69, 9.17) is 11.6 Å². The minimum Gasteiger partial charge on any atom is -0.355 e. The van der Waals surface area contributed by atoms with Crippen LogP contribution in [0.1, 0.15) is 24.5 Å². The number of anilines is 1. The van der Waals surface area contributed by atoms with Crippen molar-refractivity contribution < 1.29 is 9.59 Å². The van der Waals surface area contributed by atoms with Crippen molar-refractivity contribution in [1.29, 1.82) is 0 Å². The van der Waals surface area contributed by atoms with Crippen molar-refractivity contribution in [2.24, 2.45) is 5.92 Å². The monoisotopic (exact) mass is 370 g/mol. The SMILES string of the molecule is CCc1ccc(N2CC[C@H](C(=O)NCCc3ccccc3Cl)C2=O)cc1. The fraction of sp³-hybridized carbons (Fsp3) is 0.333. The van der Waals surface area contributed by atoms with Gasteiger partial charge < -0.3 is 10.2 Å². The average Bonchev–Trinajstić information content (AvgIpc) is 3.05. The Bertz CT molecular complexity index is 789. The maximum absolute atomic E-state index is 12.6. The van der Waals surface area contributed by atoms with E-state index in [-0.39, 0.29) is 11.8 Å². The van der Waals surface area contributed by atoms with Crippen molar-refractivity contribution in [2.75, 3.05) is 18.0 Å². The predicted octanol–water partition coefficient (Wildman–Crippen LogP) is 3.61. The number of carbonyl (C=O) groups is 2. The van der Waals surface area contributed by atoms with Gasteiger partial charge in [0.15, 0.2) is 0 Å². The molecule has 0 aromatic heterocycles. The number of rotatable bonds is 6. The van der Waals surface area contributed by atoms with E-state index in [1.165, 1.54) is 5.56 Å². The number of benzene rings is 2. The van der Waals surface area contributed by atoms with E-state index in [0.29, 0.717) is 31.0 Å². The summed E-state index contributed by atoms with van der Waals surface area (Å²) in [5.74, 6) is -0.925. The molecule has 0 unspecified atom stereocenters. The molecule has 136 valence electrons. The van der Waals surface area contributed by atoms with Gasteiger partial charge in [-0.3, -0.25) is 9.59 Å². The fourth-order valence-corrected chi connectivity index (χ4v) is 3.47. The summed E-state index contributed by atoms with van der Waals surface area (Å²) in [6.45, 7) is 3.14. The maximum Gasteiger partial charge on any atom is 0.239 e. The van der Waals surface area contributed by atoms with Gasteiger partial charge in [-0.05, 0) is 48.6 Å². The number of amides is 2. The lowest BCUT2D eigenvalue weighted by Crippen LogP contribution is -2.37. The summed E-state index contributed by atoms with van der Waals surface area (Å²) >= 11 is 6.12. The minimum atomic E-state index is -0.605. The Morgan fingerprint density at radius 2 is 1.92 bits per heavy atom. The van der Waals surface area contributed by atoms with Gasteiger partial charge in [-0.15, -0.1) is 0 Å². The molecule has 4 nitrogen and oxygen atoms in total. The van der Waals surface area contributed by atoms with Gasteiger partial charge in [0.25, 0.3) is 0 Å². The van der Waals surface area contributed by atoms with Crippen molar-refractivity contribution >= 4 is 29.1 Å². The second-order valence-corrected chi connectivity index (χ2v) is 6.89. The van der Waals surface area contributed by atoms with E-state index >= 15 is 0 Å². The van der Waals surface area contributed by atoms with Gasteiger partial charge >= 0.3 is 0 Å². The van der Waals surface area contributed by atoms with Gasteiger partial charge in [-0.2, -0.15) is 0 Å². The summed E-state index contributed by atoms with van der Waals surface area (Å²) in [7, 11) is 0. The van der Waals surface area contributed by atoms with Crippen LogP contribution in [0.25, 0.3) is 0 Å². The van der Waals surface area contributed by atoms with Crippen LogP contribution >= 0.6 is 11.6 Å². The molecule has 1 atom stereocenters. The molecule has 1 fully saturated rings. The normalized spacial score (nSPS) is 16.8. The molecule has 0 saturated carbocycles. The summed E-state index contributed by atoms with van der Waals surface area (Å²) in [5.41, 5.74) is 3.08. The third kappa shape index (κ3) is 4.07. The topological polar surface area (TPSA) is 49.4 Å². The third-order valence-corrected chi connectivity index (χ3v) is 5.20. The van der Waals surface area contributed by atoms with Gasteiger partial charge in [0.1, 0.15) is 5.92 Å². The number of aryl methyl sites for hydroxylation is 1. The van der Waals surface area contributed by atoms with Gasteiger partial charge in [0, 0.05) is 23.8 Å². The Kier molecular flexibility index (Phi) is 5.94. The van der Waals surface area contributed by atoms with Crippen LogP contribution in [0.4, 0.5) is 5.69 Å². The van der Waals surface area contributed by atoms with E-state index in [2.05, 4.69) is 12.2 Å². The van der Waals surface area contributed by atoms with Crippen molar-refractivity contribution in [1.82, 2.24) is 5.32 Å². The Balaban J connectivity index is 1.55. The Morgan fingerprint density at radius 1 is 1.19 bits per heavy atom. The molecule has 0 radical (unpaired) electrons. The predicted molar refractivity (Wildman–Crippen MR) is 104 cm³/mol. The number of hydrogen-bond acceptors (Lipinski definition) is 2. The van der Waals surface area contributed by atoms with Gasteiger partial charge in [0.05, 0.1) is 0 Å². The Labute approximate surface area is 159 Å². The lowest BCUT2D eigenvalue weighted by Gasteiger charge is -2.17. The molecule has 1 aliphatic heterocycles. The van der Waals surface area contributed by atoms with Gasteiger partial charge in [0.2, 0.25) is 11.8 Å².